The largest absolute Gasteiger partial charge is 0.455 e. The fraction of sp³-hybridized carbons (Fsp3) is 0.250. The average Bonchev–Trinajstić information content (AvgIpc) is 2.34. The van der Waals surface area contributed by atoms with Gasteiger partial charge in [-0.3, -0.25) is 9.59 Å². The summed E-state index contributed by atoms with van der Waals surface area (Å²) < 4.78 is 9.06. The first-order valence-corrected chi connectivity index (χ1v) is 4.97. The molecule has 5 nitrogen and oxygen atoms in total. The first kappa shape index (κ1) is 12.9. The monoisotopic (exact) mass is 236 g/mol. The molecule has 1 aromatic rings. The van der Waals surface area contributed by atoms with Crippen LogP contribution in [0.15, 0.2) is 30.3 Å². The molecular weight excluding hydrogens is 224 g/mol. The molecule has 0 N–H and O–H groups in total. The van der Waals surface area contributed by atoms with E-state index in [1.54, 1.807) is 30.3 Å². The van der Waals surface area contributed by atoms with Crippen molar-refractivity contribution in [1.82, 2.24) is 0 Å². The van der Waals surface area contributed by atoms with Gasteiger partial charge in [0.2, 0.25) is 0 Å². The lowest BCUT2D eigenvalue weighted by atomic mass is 10.1. The zero-order valence-corrected chi connectivity index (χ0v) is 9.34. The molecule has 0 amide bonds. The van der Waals surface area contributed by atoms with Crippen LogP contribution in [0.2, 0.25) is 0 Å². The molecule has 0 aliphatic carbocycles. The molecule has 0 aromatic heterocycles. The summed E-state index contributed by atoms with van der Waals surface area (Å²) in [6.07, 6.45) is 0. The van der Waals surface area contributed by atoms with Crippen molar-refractivity contribution in [2.45, 2.75) is 6.92 Å². The van der Waals surface area contributed by atoms with Gasteiger partial charge in [0.1, 0.15) is 0 Å². The summed E-state index contributed by atoms with van der Waals surface area (Å²) >= 11 is 0. The zero-order chi connectivity index (χ0) is 12.7. The first-order chi connectivity index (χ1) is 8.09. The molecule has 90 valence electrons. The Morgan fingerprint density at radius 3 is 2.24 bits per heavy atom. The van der Waals surface area contributed by atoms with Crippen molar-refractivity contribution in [3.63, 3.8) is 0 Å². The van der Waals surface area contributed by atoms with Crippen LogP contribution in [0.3, 0.4) is 0 Å². The molecule has 0 radical (unpaired) electrons. The Bertz CT molecular complexity index is 410. The summed E-state index contributed by atoms with van der Waals surface area (Å²) in [5.74, 6) is -1.62. The summed E-state index contributed by atoms with van der Waals surface area (Å²) in [7, 11) is 0. The Labute approximate surface area is 98.3 Å². The van der Waals surface area contributed by atoms with Gasteiger partial charge in [0.25, 0.3) is 0 Å². The van der Waals surface area contributed by atoms with Gasteiger partial charge in [-0.1, -0.05) is 30.3 Å². The lowest BCUT2D eigenvalue weighted by Crippen LogP contribution is -2.19. The Morgan fingerprint density at radius 2 is 1.65 bits per heavy atom. The number of hydrogen-bond donors (Lipinski definition) is 0. The SMILES string of the molecule is CC(=O)OCC(=O)OCC(=O)c1ccccc1. The van der Waals surface area contributed by atoms with Gasteiger partial charge in [-0.15, -0.1) is 0 Å². The van der Waals surface area contributed by atoms with Gasteiger partial charge in [-0.05, 0) is 0 Å². The van der Waals surface area contributed by atoms with Crippen molar-refractivity contribution >= 4 is 17.7 Å². The molecule has 0 aliphatic heterocycles. The molecular formula is C12H12O5. The minimum Gasteiger partial charge on any atom is -0.455 e. The van der Waals surface area contributed by atoms with E-state index in [4.69, 9.17) is 0 Å². The molecule has 0 spiro atoms. The van der Waals surface area contributed by atoms with Gasteiger partial charge in [0.05, 0.1) is 0 Å². The maximum Gasteiger partial charge on any atom is 0.344 e. The number of ether oxygens (including phenoxy) is 2. The van der Waals surface area contributed by atoms with Crippen molar-refractivity contribution < 1.29 is 23.9 Å². The van der Waals surface area contributed by atoms with E-state index in [0.29, 0.717) is 5.56 Å². The number of esters is 2. The summed E-state index contributed by atoms with van der Waals surface area (Å²) in [5, 5.41) is 0. The van der Waals surface area contributed by atoms with Crippen LogP contribution >= 0.6 is 0 Å². The van der Waals surface area contributed by atoms with Gasteiger partial charge in [0, 0.05) is 12.5 Å². The van der Waals surface area contributed by atoms with Crippen molar-refractivity contribution in [2.75, 3.05) is 13.2 Å². The quantitative estimate of drug-likeness (QED) is 0.563. The molecule has 17 heavy (non-hydrogen) atoms. The highest BCUT2D eigenvalue weighted by atomic mass is 16.6. The molecule has 0 atom stereocenters. The highest BCUT2D eigenvalue weighted by Gasteiger charge is 2.10. The normalized spacial score (nSPS) is 9.47. The second kappa shape index (κ2) is 6.42. The van der Waals surface area contributed by atoms with E-state index in [1.807, 2.05) is 0 Å². The van der Waals surface area contributed by atoms with Crippen LogP contribution < -0.4 is 0 Å². The zero-order valence-electron chi connectivity index (χ0n) is 9.34. The van der Waals surface area contributed by atoms with Crippen molar-refractivity contribution in [3.05, 3.63) is 35.9 Å². The van der Waals surface area contributed by atoms with Crippen LogP contribution in [0.1, 0.15) is 17.3 Å². The van der Waals surface area contributed by atoms with Gasteiger partial charge in [0.15, 0.2) is 19.0 Å². The maximum absolute atomic E-state index is 11.5. The summed E-state index contributed by atoms with van der Waals surface area (Å²) in [6, 6.07) is 8.47. The van der Waals surface area contributed by atoms with Gasteiger partial charge < -0.3 is 9.47 Å². The molecule has 5 heteroatoms. The van der Waals surface area contributed by atoms with E-state index < -0.39 is 18.5 Å². The molecule has 0 aliphatic rings. The highest BCUT2D eigenvalue weighted by Crippen LogP contribution is 2.00. The lowest BCUT2D eigenvalue weighted by molar-refractivity contribution is -0.156. The molecule has 1 rings (SSSR count). The Morgan fingerprint density at radius 1 is 1.00 bits per heavy atom. The minimum atomic E-state index is -0.746. The van der Waals surface area contributed by atoms with E-state index >= 15 is 0 Å². The number of ketones is 1. The number of benzene rings is 1. The predicted octanol–water partition coefficient (Wildman–Crippen LogP) is 0.976. The molecule has 0 saturated carbocycles. The Balaban J connectivity index is 2.34. The number of carbonyl (C=O) groups is 3. The van der Waals surface area contributed by atoms with E-state index in [2.05, 4.69) is 9.47 Å². The van der Waals surface area contributed by atoms with Crippen LogP contribution in [0.5, 0.6) is 0 Å². The van der Waals surface area contributed by atoms with E-state index in [9.17, 15) is 14.4 Å². The molecule has 0 saturated heterocycles. The van der Waals surface area contributed by atoms with E-state index in [0.717, 1.165) is 0 Å². The minimum absolute atomic E-state index is 0.304. The van der Waals surface area contributed by atoms with E-state index in [1.165, 1.54) is 6.92 Å². The first-order valence-electron chi connectivity index (χ1n) is 4.97. The number of Topliss-reactive ketones (excluding diaryl/α,β-unsaturated/α-hetero) is 1. The Kier molecular flexibility index (Phi) is 4.87. The van der Waals surface area contributed by atoms with E-state index in [-0.39, 0.29) is 12.4 Å². The molecule has 1 aromatic carbocycles. The average molecular weight is 236 g/mol. The Hall–Kier alpha value is -2.17. The molecule has 0 heterocycles. The molecule has 0 bridgehead atoms. The highest BCUT2D eigenvalue weighted by molar-refractivity contribution is 5.97. The van der Waals surface area contributed by atoms with Crippen LogP contribution in [0.4, 0.5) is 0 Å². The number of carbonyl (C=O) groups excluding carboxylic acids is 3. The lowest BCUT2D eigenvalue weighted by Gasteiger charge is -2.04. The fourth-order valence-corrected chi connectivity index (χ4v) is 1.06. The maximum atomic E-state index is 11.5. The van der Waals surface area contributed by atoms with Crippen LogP contribution in [0.25, 0.3) is 0 Å². The standard InChI is InChI=1S/C12H12O5/c1-9(13)16-8-12(15)17-7-11(14)10-5-3-2-4-6-10/h2-6H,7-8H2,1H3. The molecule has 0 fully saturated rings. The smallest absolute Gasteiger partial charge is 0.344 e. The summed E-state index contributed by atoms with van der Waals surface area (Å²) in [6.45, 7) is 0.351. The van der Waals surface area contributed by atoms with Crippen molar-refractivity contribution in [1.29, 1.82) is 0 Å². The number of rotatable bonds is 5. The fourth-order valence-electron chi connectivity index (χ4n) is 1.06. The van der Waals surface area contributed by atoms with Crippen LogP contribution in [-0.2, 0) is 19.1 Å². The summed E-state index contributed by atoms with van der Waals surface area (Å²) in [4.78, 5) is 32.9. The third kappa shape index (κ3) is 4.92. The molecule has 0 unspecified atom stereocenters. The number of hydrogen-bond acceptors (Lipinski definition) is 5. The van der Waals surface area contributed by atoms with Gasteiger partial charge >= 0.3 is 11.9 Å². The van der Waals surface area contributed by atoms with Crippen molar-refractivity contribution in [2.24, 2.45) is 0 Å². The van der Waals surface area contributed by atoms with Gasteiger partial charge in [-0.25, -0.2) is 4.79 Å². The topological polar surface area (TPSA) is 69.7 Å². The third-order valence-electron chi connectivity index (χ3n) is 1.85. The summed E-state index contributed by atoms with van der Waals surface area (Å²) in [5.41, 5.74) is 0.466. The second-order valence-electron chi connectivity index (χ2n) is 3.23. The van der Waals surface area contributed by atoms with Crippen LogP contribution in [-0.4, -0.2) is 30.9 Å². The predicted molar refractivity (Wildman–Crippen MR) is 58.4 cm³/mol. The van der Waals surface area contributed by atoms with Crippen LogP contribution in [0, 0.1) is 0 Å². The second-order valence-corrected chi connectivity index (χ2v) is 3.23. The third-order valence-corrected chi connectivity index (χ3v) is 1.85. The van der Waals surface area contributed by atoms with Gasteiger partial charge in [-0.2, -0.15) is 0 Å². The van der Waals surface area contributed by atoms with Crippen molar-refractivity contribution in [3.8, 4) is 0 Å².